The van der Waals surface area contributed by atoms with E-state index in [1.165, 1.54) is 0 Å². The molecule has 0 aromatic heterocycles. The molecule has 0 heterocycles. The molecule has 0 saturated carbocycles. The third kappa shape index (κ3) is 7.01. The van der Waals surface area contributed by atoms with Gasteiger partial charge in [0.15, 0.2) is 0 Å². The summed E-state index contributed by atoms with van der Waals surface area (Å²) in [6.07, 6.45) is 0.744. The molecule has 120 valence electrons. The molecule has 3 N–H and O–H groups in total. The molecule has 0 spiro atoms. The van der Waals surface area contributed by atoms with E-state index in [2.05, 4.69) is 4.72 Å². The standard InChI is InChI=1S/C14H25N3O3S/c1-17(2)10-12-20-11-9-16-21(18,19)14-5-3-13(4-6-14)7-8-15/h3-6,16H,7-12,15H2,1-2H3. The normalized spacial score (nSPS) is 12.0. The van der Waals surface area contributed by atoms with Gasteiger partial charge < -0.3 is 15.4 Å². The molecule has 0 aliphatic carbocycles. The van der Waals surface area contributed by atoms with E-state index in [4.69, 9.17) is 10.5 Å². The number of rotatable bonds is 10. The zero-order valence-corrected chi connectivity index (χ0v) is 13.5. The highest BCUT2D eigenvalue weighted by molar-refractivity contribution is 7.89. The average Bonchev–Trinajstić information content (AvgIpc) is 2.43. The van der Waals surface area contributed by atoms with Crippen molar-refractivity contribution in [1.82, 2.24) is 9.62 Å². The molecule has 6 nitrogen and oxygen atoms in total. The van der Waals surface area contributed by atoms with E-state index >= 15 is 0 Å². The fraction of sp³-hybridized carbons (Fsp3) is 0.571. The van der Waals surface area contributed by atoms with Crippen LogP contribution in [-0.2, 0) is 21.2 Å². The minimum atomic E-state index is -3.47. The molecule has 0 atom stereocenters. The molecule has 0 aliphatic heterocycles. The van der Waals surface area contributed by atoms with Crippen LogP contribution in [0.5, 0.6) is 0 Å². The van der Waals surface area contributed by atoms with Gasteiger partial charge in [-0.25, -0.2) is 13.1 Å². The summed E-state index contributed by atoms with van der Waals surface area (Å²) < 4.78 is 32.0. The first kappa shape index (κ1) is 18.1. The predicted octanol–water partition coefficient (Wildman–Crippen LogP) is 0.0443. The molecule has 1 aromatic rings. The van der Waals surface area contributed by atoms with Crippen LogP contribution in [0.1, 0.15) is 5.56 Å². The molecular formula is C14H25N3O3S. The summed E-state index contributed by atoms with van der Waals surface area (Å²) in [5, 5.41) is 0. The van der Waals surface area contributed by atoms with Crippen LogP contribution < -0.4 is 10.5 Å². The number of nitrogens with one attached hydrogen (secondary N) is 1. The molecule has 1 aromatic carbocycles. The Balaban J connectivity index is 2.39. The Hall–Kier alpha value is -0.990. The molecule has 0 amide bonds. The smallest absolute Gasteiger partial charge is 0.240 e. The van der Waals surface area contributed by atoms with Crippen LogP contribution in [0.2, 0.25) is 0 Å². The maximum absolute atomic E-state index is 12.0. The van der Waals surface area contributed by atoms with Crippen molar-refractivity contribution in [3.8, 4) is 0 Å². The van der Waals surface area contributed by atoms with E-state index in [1.807, 2.05) is 19.0 Å². The van der Waals surface area contributed by atoms with Gasteiger partial charge in [-0.1, -0.05) is 12.1 Å². The molecule has 0 unspecified atom stereocenters. The Bertz CT molecular complexity index is 501. The molecule has 7 heteroatoms. The minimum absolute atomic E-state index is 0.261. The van der Waals surface area contributed by atoms with Gasteiger partial charge in [0.2, 0.25) is 10.0 Å². The molecule has 0 saturated heterocycles. The molecule has 1 rings (SSSR count). The average molecular weight is 315 g/mol. The number of nitrogens with two attached hydrogens (primary N) is 1. The maximum atomic E-state index is 12.0. The zero-order chi connectivity index (χ0) is 15.7. The second-order valence-electron chi connectivity index (χ2n) is 5.00. The van der Waals surface area contributed by atoms with Crippen molar-refractivity contribution in [2.24, 2.45) is 5.73 Å². The summed E-state index contributed by atoms with van der Waals surface area (Å²) in [6, 6.07) is 6.77. The van der Waals surface area contributed by atoms with Gasteiger partial charge in [-0.2, -0.15) is 0 Å². The first-order chi connectivity index (χ1) is 9.95. The predicted molar refractivity (Wildman–Crippen MR) is 83.8 cm³/mol. The Morgan fingerprint density at radius 1 is 1.19 bits per heavy atom. The molecule has 0 aliphatic rings. The SMILES string of the molecule is CN(C)CCOCCNS(=O)(=O)c1ccc(CCN)cc1. The third-order valence-electron chi connectivity index (χ3n) is 2.89. The summed E-state index contributed by atoms with van der Waals surface area (Å²) in [5.41, 5.74) is 6.49. The topological polar surface area (TPSA) is 84.7 Å². The maximum Gasteiger partial charge on any atom is 0.240 e. The second kappa shape index (κ2) is 9.11. The quantitative estimate of drug-likeness (QED) is 0.596. The molecular weight excluding hydrogens is 290 g/mol. The molecule has 0 bridgehead atoms. The van der Waals surface area contributed by atoms with Crippen LogP contribution in [0.25, 0.3) is 0 Å². The first-order valence-electron chi connectivity index (χ1n) is 6.97. The van der Waals surface area contributed by atoms with Crippen molar-refractivity contribution in [3.05, 3.63) is 29.8 Å². The van der Waals surface area contributed by atoms with Crippen LogP contribution in [0.4, 0.5) is 0 Å². The van der Waals surface area contributed by atoms with E-state index in [-0.39, 0.29) is 11.4 Å². The molecule has 0 radical (unpaired) electrons. The van der Waals surface area contributed by atoms with Gasteiger partial charge in [-0.15, -0.1) is 0 Å². The number of ether oxygens (including phenoxy) is 1. The zero-order valence-electron chi connectivity index (χ0n) is 12.7. The van der Waals surface area contributed by atoms with E-state index in [1.54, 1.807) is 24.3 Å². The van der Waals surface area contributed by atoms with Crippen molar-refractivity contribution in [2.45, 2.75) is 11.3 Å². The molecule has 21 heavy (non-hydrogen) atoms. The van der Waals surface area contributed by atoms with Gasteiger partial charge >= 0.3 is 0 Å². The van der Waals surface area contributed by atoms with E-state index in [0.717, 1.165) is 18.5 Å². The van der Waals surface area contributed by atoms with Gasteiger partial charge in [-0.3, -0.25) is 0 Å². The van der Waals surface area contributed by atoms with Crippen molar-refractivity contribution in [3.63, 3.8) is 0 Å². The Kier molecular flexibility index (Phi) is 7.84. The highest BCUT2D eigenvalue weighted by Crippen LogP contribution is 2.10. The van der Waals surface area contributed by atoms with Crippen LogP contribution in [0.15, 0.2) is 29.2 Å². The third-order valence-corrected chi connectivity index (χ3v) is 4.36. The van der Waals surface area contributed by atoms with Crippen LogP contribution in [0, 0.1) is 0 Å². The Morgan fingerprint density at radius 3 is 2.43 bits per heavy atom. The van der Waals surface area contributed by atoms with Crippen molar-refractivity contribution in [2.75, 3.05) is 46.9 Å². The minimum Gasteiger partial charge on any atom is -0.379 e. The highest BCUT2D eigenvalue weighted by Gasteiger charge is 2.12. The largest absolute Gasteiger partial charge is 0.379 e. The number of hydrogen-bond donors (Lipinski definition) is 2. The van der Waals surface area contributed by atoms with Crippen molar-refractivity contribution in [1.29, 1.82) is 0 Å². The van der Waals surface area contributed by atoms with Crippen LogP contribution >= 0.6 is 0 Å². The van der Waals surface area contributed by atoms with Crippen molar-refractivity contribution < 1.29 is 13.2 Å². The van der Waals surface area contributed by atoms with E-state index in [9.17, 15) is 8.42 Å². The van der Waals surface area contributed by atoms with Crippen molar-refractivity contribution >= 4 is 10.0 Å². The lowest BCUT2D eigenvalue weighted by Crippen LogP contribution is -2.28. The first-order valence-corrected chi connectivity index (χ1v) is 8.45. The number of likely N-dealkylation sites (N-methyl/N-ethyl adjacent to an activating group) is 1. The van der Waals surface area contributed by atoms with Gasteiger partial charge in [0, 0.05) is 13.1 Å². The van der Waals surface area contributed by atoms with Gasteiger partial charge in [0.25, 0.3) is 0 Å². The monoisotopic (exact) mass is 315 g/mol. The second-order valence-corrected chi connectivity index (χ2v) is 6.76. The van der Waals surface area contributed by atoms with Gasteiger partial charge in [0.05, 0.1) is 18.1 Å². The highest BCUT2D eigenvalue weighted by atomic mass is 32.2. The Morgan fingerprint density at radius 2 is 1.86 bits per heavy atom. The fourth-order valence-electron chi connectivity index (χ4n) is 1.68. The number of hydrogen-bond acceptors (Lipinski definition) is 5. The fourth-order valence-corrected chi connectivity index (χ4v) is 2.70. The summed E-state index contributed by atoms with van der Waals surface area (Å²) >= 11 is 0. The molecule has 0 fully saturated rings. The lowest BCUT2D eigenvalue weighted by atomic mass is 10.2. The van der Waals surface area contributed by atoms with Crippen LogP contribution in [-0.4, -0.2) is 60.3 Å². The number of benzene rings is 1. The lowest BCUT2D eigenvalue weighted by Gasteiger charge is -2.10. The van der Waals surface area contributed by atoms with E-state index in [0.29, 0.717) is 19.8 Å². The summed E-state index contributed by atoms with van der Waals surface area (Å²) in [6.45, 7) is 2.57. The number of nitrogens with zero attached hydrogens (tertiary/aromatic N) is 1. The summed E-state index contributed by atoms with van der Waals surface area (Å²) in [7, 11) is 0.450. The van der Waals surface area contributed by atoms with Gasteiger partial charge in [0.1, 0.15) is 0 Å². The van der Waals surface area contributed by atoms with E-state index < -0.39 is 10.0 Å². The van der Waals surface area contributed by atoms with Crippen LogP contribution in [0.3, 0.4) is 0 Å². The van der Waals surface area contributed by atoms with Gasteiger partial charge in [-0.05, 0) is 44.8 Å². The lowest BCUT2D eigenvalue weighted by molar-refractivity contribution is 0.122. The summed E-state index contributed by atoms with van der Waals surface area (Å²) in [4.78, 5) is 2.27. The number of sulfonamides is 1. The Labute approximate surface area is 127 Å². The summed E-state index contributed by atoms with van der Waals surface area (Å²) in [5.74, 6) is 0.